The summed E-state index contributed by atoms with van der Waals surface area (Å²) >= 11 is 4.88. The Hall–Kier alpha value is -0.150. The number of thiocarbonyl (C=S) groups is 1. The average molecular weight is 214 g/mol. The summed E-state index contributed by atoms with van der Waals surface area (Å²) in [6.07, 6.45) is 4.82. The molecule has 0 atom stereocenters. The molecule has 3 heteroatoms. The summed E-state index contributed by atoms with van der Waals surface area (Å²) in [5.41, 5.74) is 6.08. The predicted molar refractivity (Wildman–Crippen MR) is 65.5 cm³/mol. The van der Waals surface area contributed by atoms with Crippen molar-refractivity contribution < 1.29 is 0 Å². The van der Waals surface area contributed by atoms with Crippen molar-refractivity contribution in [3.8, 4) is 0 Å². The highest BCUT2D eigenvalue weighted by atomic mass is 32.1. The predicted octanol–water partition coefficient (Wildman–Crippen LogP) is 2.17. The minimum absolute atomic E-state index is 0.583. The van der Waals surface area contributed by atoms with E-state index in [1.165, 1.54) is 32.4 Å². The molecule has 0 bridgehead atoms. The molecule has 0 aromatic carbocycles. The van der Waals surface area contributed by atoms with Crippen LogP contribution in [-0.4, -0.2) is 29.5 Å². The molecule has 82 valence electrons. The lowest BCUT2D eigenvalue weighted by Gasteiger charge is -2.38. The molecule has 1 saturated heterocycles. The van der Waals surface area contributed by atoms with E-state index < -0.39 is 0 Å². The quantitative estimate of drug-likeness (QED) is 0.727. The highest BCUT2D eigenvalue weighted by molar-refractivity contribution is 7.80. The van der Waals surface area contributed by atoms with Crippen molar-refractivity contribution in [2.45, 2.75) is 39.5 Å². The van der Waals surface area contributed by atoms with Gasteiger partial charge in [0, 0.05) is 13.0 Å². The van der Waals surface area contributed by atoms with Gasteiger partial charge in [0.05, 0.1) is 4.99 Å². The standard InChI is InChI=1S/C11H22N2S/c1-3-11(2)5-8-13(9-6-11)7-4-10(12)14/h3-9H2,1-2H3,(H2,12,14). The van der Waals surface area contributed by atoms with Crippen LogP contribution in [0.4, 0.5) is 0 Å². The molecule has 0 spiro atoms. The molecule has 1 aliphatic rings. The second-order valence-corrected chi connectivity index (χ2v) is 5.25. The van der Waals surface area contributed by atoms with Gasteiger partial charge in [-0.15, -0.1) is 0 Å². The highest BCUT2D eigenvalue weighted by Gasteiger charge is 2.27. The van der Waals surface area contributed by atoms with Crippen LogP contribution in [0.3, 0.4) is 0 Å². The molecule has 0 aromatic rings. The Morgan fingerprint density at radius 1 is 1.43 bits per heavy atom. The van der Waals surface area contributed by atoms with Crippen LogP contribution in [-0.2, 0) is 0 Å². The lowest BCUT2D eigenvalue weighted by atomic mass is 9.78. The molecule has 0 unspecified atom stereocenters. The zero-order valence-corrected chi connectivity index (χ0v) is 10.2. The maximum absolute atomic E-state index is 5.49. The van der Waals surface area contributed by atoms with Crippen molar-refractivity contribution in [2.75, 3.05) is 19.6 Å². The van der Waals surface area contributed by atoms with Crippen molar-refractivity contribution in [2.24, 2.45) is 11.1 Å². The van der Waals surface area contributed by atoms with Gasteiger partial charge in [0.25, 0.3) is 0 Å². The number of hydrogen-bond acceptors (Lipinski definition) is 2. The number of hydrogen-bond donors (Lipinski definition) is 1. The third-order valence-corrected chi connectivity index (χ3v) is 3.80. The summed E-state index contributed by atoms with van der Waals surface area (Å²) in [5, 5.41) is 0. The Balaban J connectivity index is 2.25. The molecular weight excluding hydrogens is 192 g/mol. The number of nitrogens with two attached hydrogens (primary N) is 1. The second kappa shape index (κ2) is 5.08. The van der Waals surface area contributed by atoms with Gasteiger partial charge in [-0.2, -0.15) is 0 Å². The Morgan fingerprint density at radius 3 is 2.43 bits per heavy atom. The van der Waals surface area contributed by atoms with E-state index in [4.69, 9.17) is 18.0 Å². The van der Waals surface area contributed by atoms with Crippen molar-refractivity contribution in [3.05, 3.63) is 0 Å². The minimum Gasteiger partial charge on any atom is -0.393 e. The zero-order chi connectivity index (χ0) is 10.6. The Bertz CT molecular complexity index is 195. The smallest absolute Gasteiger partial charge is 0.0740 e. The first-order chi connectivity index (χ1) is 6.56. The SMILES string of the molecule is CCC1(C)CCN(CCC(N)=S)CC1. The molecule has 0 aromatic heterocycles. The van der Waals surface area contributed by atoms with Crippen LogP contribution in [0.15, 0.2) is 0 Å². The van der Waals surface area contributed by atoms with Crippen LogP contribution < -0.4 is 5.73 Å². The number of likely N-dealkylation sites (tertiary alicyclic amines) is 1. The van der Waals surface area contributed by atoms with Gasteiger partial charge >= 0.3 is 0 Å². The lowest BCUT2D eigenvalue weighted by molar-refractivity contribution is 0.117. The van der Waals surface area contributed by atoms with Gasteiger partial charge in [-0.05, 0) is 31.3 Å². The van der Waals surface area contributed by atoms with Gasteiger partial charge in [-0.1, -0.05) is 32.5 Å². The summed E-state index contributed by atoms with van der Waals surface area (Å²) in [4.78, 5) is 3.13. The maximum atomic E-state index is 5.49. The number of rotatable bonds is 4. The van der Waals surface area contributed by atoms with Crippen molar-refractivity contribution in [3.63, 3.8) is 0 Å². The maximum Gasteiger partial charge on any atom is 0.0740 e. The van der Waals surface area contributed by atoms with Crippen LogP contribution in [0.2, 0.25) is 0 Å². The Labute approximate surface area is 92.8 Å². The molecule has 2 nitrogen and oxygen atoms in total. The van der Waals surface area contributed by atoms with E-state index >= 15 is 0 Å². The van der Waals surface area contributed by atoms with Gasteiger partial charge in [-0.25, -0.2) is 0 Å². The molecule has 0 aliphatic carbocycles. The fourth-order valence-corrected chi connectivity index (χ4v) is 2.03. The third kappa shape index (κ3) is 3.54. The Kier molecular flexibility index (Phi) is 4.32. The molecule has 0 amide bonds. The van der Waals surface area contributed by atoms with Crippen LogP contribution in [0.5, 0.6) is 0 Å². The van der Waals surface area contributed by atoms with Crippen LogP contribution in [0, 0.1) is 5.41 Å². The summed E-state index contributed by atoms with van der Waals surface area (Å²) in [5.74, 6) is 0. The van der Waals surface area contributed by atoms with Crippen LogP contribution >= 0.6 is 12.2 Å². The fraction of sp³-hybridized carbons (Fsp3) is 0.909. The first-order valence-corrected chi connectivity index (χ1v) is 5.97. The van der Waals surface area contributed by atoms with Gasteiger partial charge in [-0.3, -0.25) is 0 Å². The van der Waals surface area contributed by atoms with Gasteiger partial charge < -0.3 is 10.6 Å². The van der Waals surface area contributed by atoms with E-state index in [-0.39, 0.29) is 0 Å². The van der Waals surface area contributed by atoms with Crippen molar-refractivity contribution in [1.82, 2.24) is 4.90 Å². The van der Waals surface area contributed by atoms with Gasteiger partial charge in [0.2, 0.25) is 0 Å². The summed E-state index contributed by atoms with van der Waals surface area (Å²) in [6.45, 7) is 8.18. The molecule has 1 fully saturated rings. The van der Waals surface area contributed by atoms with Crippen molar-refractivity contribution >= 4 is 17.2 Å². The van der Waals surface area contributed by atoms with Gasteiger partial charge in [0.1, 0.15) is 0 Å². The van der Waals surface area contributed by atoms with E-state index in [1.54, 1.807) is 0 Å². The molecular formula is C11H22N2S. The van der Waals surface area contributed by atoms with E-state index in [1.807, 2.05) is 0 Å². The average Bonchev–Trinajstić information content (AvgIpc) is 2.17. The number of piperidine rings is 1. The second-order valence-electron chi connectivity index (χ2n) is 4.72. The Morgan fingerprint density at radius 2 is 2.00 bits per heavy atom. The van der Waals surface area contributed by atoms with Crippen LogP contribution in [0.1, 0.15) is 39.5 Å². The van der Waals surface area contributed by atoms with E-state index in [2.05, 4.69) is 18.7 Å². The lowest BCUT2D eigenvalue weighted by Crippen LogP contribution is -2.39. The molecule has 0 saturated carbocycles. The summed E-state index contributed by atoms with van der Waals surface area (Å²) in [7, 11) is 0. The molecule has 1 heterocycles. The van der Waals surface area contributed by atoms with Crippen molar-refractivity contribution in [1.29, 1.82) is 0 Å². The van der Waals surface area contributed by atoms with Crippen LogP contribution in [0.25, 0.3) is 0 Å². The van der Waals surface area contributed by atoms with Gasteiger partial charge in [0.15, 0.2) is 0 Å². The molecule has 14 heavy (non-hydrogen) atoms. The zero-order valence-electron chi connectivity index (χ0n) is 9.38. The molecule has 1 aliphatic heterocycles. The monoisotopic (exact) mass is 214 g/mol. The van der Waals surface area contributed by atoms with E-state index in [9.17, 15) is 0 Å². The largest absolute Gasteiger partial charge is 0.393 e. The number of nitrogens with zero attached hydrogens (tertiary/aromatic N) is 1. The topological polar surface area (TPSA) is 29.3 Å². The fourth-order valence-electron chi connectivity index (χ4n) is 1.94. The normalized spacial score (nSPS) is 22.1. The minimum atomic E-state index is 0.583. The molecule has 0 radical (unpaired) electrons. The third-order valence-electron chi connectivity index (χ3n) is 3.59. The van der Waals surface area contributed by atoms with E-state index in [0.717, 1.165) is 13.0 Å². The first-order valence-electron chi connectivity index (χ1n) is 5.56. The summed E-state index contributed by atoms with van der Waals surface area (Å²) in [6, 6.07) is 0. The highest BCUT2D eigenvalue weighted by Crippen LogP contribution is 2.33. The van der Waals surface area contributed by atoms with E-state index in [0.29, 0.717) is 10.4 Å². The molecule has 2 N–H and O–H groups in total. The molecule has 1 rings (SSSR count). The first kappa shape index (κ1) is 11.9. The summed E-state index contributed by atoms with van der Waals surface area (Å²) < 4.78 is 0.